The Morgan fingerprint density at radius 3 is 3.12 bits per heavy atom. The van der Waals surface area contributed by atoms with Crippen LogP contribution >= 0.6 is 0 Å². The third-order valence-corrected chi connectivity index (χ3v) is 5.66. The van der Waals surface area contributed by atoms with Gasteiger partial charge in [-0.25, -0.2) is 4.98 Å². The highest BCUT2D eigenvalue weighted by atomic mass is 16.5. The van der Waals surface area contributed by atoms with Gasteiger partial charge in [0.2, 0.25) is 0 Å². The number of ether oxygens (including phenoxy) is 1. The van der Waals surface area contributed by atoms with Crippen molar-refractivity contribution in [1.82, 2.24) is 14.9 Å². The fraction of sp³-hybridized carbons (Fsp3) is 0.500. The molecule has 26 heavy (non-hydrogen) atoms. The number of likely N-dealkylation sites (tertiary alicyclic amines) is 1. The van der Waals surface area contributed by atoms with Gasteiger partial charge in [0.05, 0.1) is 0 Å². The number of H-pyrrole nitrogens is 1. The van der Waals surface area contributed by atoms with Crippen LogP contribution in [0.25, 0.3) is 0 Å². The molecular weight excluding hydrogens is 330 g/mol. The van der Waals surface area contributed by atoms with E-state index in [4.69, 9.17) is 4.74 Å². The number of aromatic nitrogens is 2. The van der Waals surface area contributed by atoms with Gasteiger partial charge < -0.3 is 14.8 Å². The standard InChI is InChI=1S/C20H25N3O3/c1-2-3-8-18-21-9-14(22-18)10-23-11-16-15-6-4-5-7-17(15)26-13-20(16,12-23)19(24)25/h4-7,9,16H,2-3,8,10-13H2,1H3,(H,21,22)(H,24,25). The largest absolute Gasteiger partial charge is 0.492 e. The van der Waals surface area contributed by atoms with E-state index in [1.807, 2.05) is 30.5 Å². The minimum Gasteiger partial charge on any atom is -0.492 e. The van der Waals surface area contributed by atoms with Gasteiger partial charge in [-0.2, -0.15) is 0 Å². The number of carbonyl (C=O) groups is 1. The number of carboxylic acids is 1. The lowest BCUT2D eigenvalue weighted by Crippen LogP contribution is -2.45. The predicted octanol–water partition coefficient (Wildman–Crippen LogP) is 2.82. The van der Waals surface area contributed by atoms with Gasteiger partial charge in [0.1, 0.15) is 23.6 Å². The summed E-state index contributed by atoms with van der Waals surface area (Å²) in [6.07, 6.45) is 5.10. The van der Waals surface area contributed by atoms with Crippen LogP contribution in [0, 0.1) is 5.41 Å². The molecule has 2 aliphatic rings. The Bertz CT molecular complexity index is 803. The number of unbranched alkanes of at least 4 members (excludes halogenated alkanes) is 1. The van der Waals surface area contributed by atoms with E-state index >= 15 is 0 Å². The van der Waals surface area contributed by atoms with E-state index in [-0.39, 0.29) is 12.5 Å². The topological polar surface area (TPSA) is 78.5 Å². The Morgan fingerprint density at radius 2 is 2.31 bits per heavy atom. The number of carboxylic acid groups (broad SMARTS) is 1. The maximum Gasteiger partial charge on any atom is 0.315 e. The number of aliphatic carboxylic acids is 1. The van der Waals surface area contributed by atoms with E-state index in [0.717, 1.165) is 48.6 Å². The number of hydrogen-bond donors (Lipinski definition) is 2. The van der Waals surface area contributed by atoms with Gasteiger partial charge in [0.15, 0.2) is 0 Å². The fourth-order valence-electron chi connectivity index (χ4n) is 4.25. The fourth-order valence-corrected chi connectivity index (χ4v) is 4.25. The summed E-state index contributed by atoms with van der Waals surface area (Å²) >= 11 is 0. The molecule has 0 radical (unpaired) electrons. The summed E-state index contributed by atoms with van der Waals surface area (Å²) in [5.74, 6) is 1.01. The molecule has 2 N–H and O–H groups in total. The Kier molecular flexibility index (Phi) is 4.44. The average molecular weight is 355 g/mol. The van der Waals surface area contributed by atoms with Crippen molar-refractivity contribution >= 4 is 5.97 Å². The van der Waals surface area contributed by atoms with Crippen molar-refractivity contribution in [3.63, 3.8) is 0 Å². The number of para-hydroxylation sites is 1. The summed E-state index contributed by atoms with van der Waals surface area (Å²) < 4.78 is 5.82. The highest BCUT2D eigenvalue weighted by Crippen LogP contribution is 2.49. The lowest BCUT2D eigenvalue weighted by Gasteiger charge is -2.35. The molecule has 1 aromatic heterocycles. The van der Waals surface area contributed by atoms with Gasteiger partial charge in [0, 0.05) is 43.9 Å². The molecule has 0 saturated carbocycles. The highest BCUT2D eigenvalue weighted by Gasteiger charge is 2.56. The molecule has 1 aromatic carbocycles. The minimum absolute atomic E-state index is 0.0487. The first-order valence-electron chi connectivity index (χ1n) is 9.32. The molecule has 2 atom stereocenters. The van der Waals surface area contributed by atoms with Gasteiger partial charge in [-0.3, -0.25) is 9.69 Å². The number of benzene rings is 1. The van der Waals surface area contributed by atoms with Gasteiger partial charge in [0.25, 0.3) is 0 Å². The second kappa shape index (κ2) is 6.76. The predicted molar refractivity (Wildman–Crippen MR) is 97.2 cm³/mol. The van der Waals surface area contributed by atoms with E-state index in [0.29, 0.717) is 13.1 Å². The zero-order valence-electron chi connectivity index (χ0n) is 15.1. The summed E-state index contributed by atoms with van der Waals surface area (Å²) in [4.78, 5) is 22.2. The Balaban J connectivity index is 1.54. The molecule has 2 aliphatic heterocycles. The molecule has 6 heteroatoms. The van der Waals surface area contributed by atoms with Crippen molar-refractivity contribution in [2.24, 2.45) is 5.41 Å². The van der Waals surface area contributed by atoms with Crippen LogP contribution in [-0.2, 0) is 17.8 Å². The Morgan fingerprint density at radius 1 is 1.46 bits per heavy atom. The maximum atomic E-state index is 12.2. The number of aromatic amines is 1. The molecular formula is C20H25N3O3. The average Bonchev–Trinajstić information content (AvgIpc) is 3.25. The summed E-state index contributed by atoms with van der Waals surface area (Å²) in [5, 5.41) is 9.98. The monoisotopic (exact) mass is 355 g/mol. The smallest absolute Gasteiger partial charge is 0.315 e. The molecule has 3 heterocycles. The molecule has 1 saturated heterocycles. The lowest BCUT2D eigenvalue weighted by molar-refractivity contribution is -0.151. The van der Waals surface area contributed by atoms with Crippen molar-refractivity contribution in [2.75, 3.05) is 19.7 Å². The van der Waals surface area contributed by atoms with Crippen LogP contribution in [0.15, 0.2) is 30.5 Å². The molecule has 6 nitrogen and oxygen atoms in total. The Hall–Kier alpha value is -2.34. The first kappa shape index (κ1) is 17.1. The van der Waals surface area contributed by atoms with Crippen LogP contribution in [0.1, 0.15) is 42.8 Å². The van der Waals surface area contributed by atoms with Crippen molar-refractivity contribution < 1.29 is 14.6 Å². The molecule has 138 valence electrons. The molecule has 2 unspecified atom stereocenters. The van der Waals surface area contributed by atoms with Crippen LogP contribution in [0.3, 0.4) is 0 Å². The van der Waals surface area contributed by atoms with Crippen LogP contribution in [0.4, 0.5) is 0 Å². The van der Waals surface area contributed by atoms with E-state index < -0.39 is 11.4 Å². The molecule has 0 amide bonds. The van der Waals surface area contributed by atoms with Crippen molar-refractivity contribution in [3.8, 4) is 5.75 Å². The number of rotatable bonds is 6. The van der Waals surface area contributed by atoms with Crippen molar-refractivity contribution in [2.45, 2.75) is 38.6 Å². The number of fused-ring (bicyclic) bond motifs is 3. The van der Waals surface area contributed by atoms with Crippen molar-refractivity contribution in [3.05, 3.63) is 47.5 Å². The molecule has 2 aromatic rings. The minimum atomic E-state index is -0.876. The first-order valence-corrected chi connectivity index (χ1v) is 9.32. The van der Waals surface area contributed by atoms with E-state index in [1.54, 1.807) is 0 Å². The normalized spacial score (nSPS) is 24.7. The van der Waals surface area contributed by atoms with Gasteiger partial charge >= 0.3 is 5.97 Å². The second-order valence-corrected chi connectivity index (χ2v) is 7.47. The summed E-state index contributed by atoms with van der Waals surface area (Å²) in [5.41, 5.74) is 1.18. The quantitative estimate of drug-likeness (QED) is 0.833. The van der Waals surface area contributed by atoms with Crippen LogP contribution in [0.5, 0.6) is 5.75 Å². The SMILES string of the molecule is CCCCc1ncc(CN2CC3c4ccccc4OCC3(C(=O)O)C2)[nH]1. The van der Waals surface area contributed by atoms with Gasteiger partial charge in [-0.15, -0.1) is 0 Å². The lowest BCUT2D eigenvalue weighted by atomic mass is 9.73. The van der Waals surface area contributed by atoms with E-state index in [1.165, 1.54) is 0 Å². The third kappa shape index (κ3) is 2.88. The summed E-state index contributed by atoms with van der Waals surface area (Å²) in [6, 6.07) is 7.82. The number of nitrogens with zero attached hydrogens (tertiary/aromatic N) is 2. The third-order valence-electron chi connectivity index (χ3n) is 5.66. The maximum absolute atomic E-state index is 12.2. The molecule has 0 aliphatic carbocycles. The van der Waals surface area contributed by atoms with E-state index in [9.17, 15) is 9.90 Å². The Labute approximate surface area is 153 Å². The van der Waals surface area contributed by atoms with Crippen LogP contribution in [-0.4, -0.2) is 45.6 Å². The molecule has 4 rings (SSSR count). The first-order chi connectivity index (χ1) is 12.6. The number of imidazole rings is 1. The molecule has 0 bridgehead atoms. The summed E-state index contributed by atoms with van der Waals surface area (Å²) in [7, 11) is 0. The van der Waals surface area contributed by atoms with E-state index in [2.05, 4.69) is 21.8 Å². The van der Waals surface area contributed by atoms with Crippen LogP contribution < -0.4 is 4.74 Å². The highest BCUT2D eigenvalue weighted by molar-refractivity contribution is 5.78. The summed E-state index contributed by atoms with van der Waals surface area (Å²) in [6.45, 7) is 4.29. The zero-order valence-corrected chi connectivity index (χ0v) is 15.1. The number of hydrogen-bond acceptors (Lipinski definition) is 4. The second-order valence-electron chi connectivity index (χ2n) is 7.47. The molecule has 0 spiro atoms. The van der Waals surface area contributed by atoms with Gasteiger partial charge in [-0.1, -0.05) is 31.5 Å². The zero-order chi connectivity index (χ0) is 18.1. The van der Waals surface area contributed by atoms with Crippen molar-refractivity contribution in [1.29, 1.82) is 0 Å². The number of aryl methyl sites for hydroxylation is 1. The number of nitrogens with one attached hydrogen (secondary N) is 1. The van der Waals surface area contributed by atoms with Crippen LogP contribution in [0.2, 0.25) is 0 Å². The molecule has 1 fully saturated rings. The van der Waals surface area contributed by atoms with Gasteiger partial charge in [-0.05, 0) is 18.1 Å².